The molecular weight excluding hydrogens is 243 g/mol. The maximum Gasteiger partial charge on any atom is 0.213 e. The first-order valence-electron chi connectivity index (χ1n) is 5.29. The number of sulfonamides is 1. The first kappa shape index (κ1) is 14.1. The van der Waals surface area contributed by atoms with Crippen molar-refractivity contribution in [1.82, 2.24) is 4.72 Å². The van der Waals surface area contributed by atoms with Crippen molar-refractivity contribution in [2.24, 2.45) is 5.73 Å². The molecule has 96 valence electrons. The van der Waals surface area contributed by atoms with Crippen molar-refractivity contribution in [3.63, 3.8) is 0 Å². The van der Waals surface area contributed by atoms with Crippen molar-refractivity contribution in [2.75, 3.05) is 12.3 Å². The summed E-state index contributed by atoms with van der Waals surface area (Å²) in [6.07, 6.45) is 0. The number of aryl methyl sites for hydroxylation is 2. The molecule has 0 aliphatic carbocycles. The Morgan fingerprint density at radius 2 is 1.82 bits per heavy atom. The third-order valence-corrected chi connectivity index (χ3v) is 3.74. The van der Waals surface area contributed by atoms with E-state index < -0.39 is 10.0 Å². The van der Waals surface area contributed by atoms with E-state index in [-0.39, 0.29) is 24.7 Å². The fraction of sp³-hybridized carbons (Fsp3) is 0.455. The van der Waals surface area contributed by atoms with Gasteiger partial charge in [-0.05, 0) is 30.5 Å². The molecule has 0 aliphatic heterocycles. The van der Waals surface area contributed by atoms with Crippen molar-refractivity contribution >= 4 is 10.0 Å². The summed E-state index contributed by atoms with van der Waals surface area (Å²) in [6.45, 7) is 3.54. The van der Waals surface area contributed by atoms with Crippen molar-refractivity contribution < 1.29 is 12.8 Å². The van der Waals surface area contributed by atoms with Crippen LogP contribution in [0.15, 0.2) is 12.1 Å². The molecule has 0 aromatic heterocycles. The Bertz CT molecular complexity index is 477. The number of benzene rings is 1. The topological polar surface area (TPSA) is 72.2 Å². The minimum atomic E-state index is -3.33. The van der Waals surface area contributed by atoms with E-state index in [0.29, 0.717) is 11.1 Å². The Balaban J connectivity index is 2.77. The second kappa shape index (κ2) is 5.57. The maximum absolute atomic E-state index is 13.4. The van der Waals surface area contributed by atoms with Gasteiger partial charge >= 0.3 is 0 Å². The molecule has 6 heteroatoms. The largest absolute Gasteiger partial charge is 0.329 e. The number of hydrogen-bond acceptors (Lipinski definition) is 3. The summed E-state index contributed by atoms with van der Waals surface area (Å²) in [5, 5.41) is 0. The van der Waals surface area contributed by atoms with Gasteiger partial charge in [-0.25, -0.2) is 17.5 Å². The number of hydrogen-bond donors (Lipinski definition) is 2. The summed E-state index contributed by atoms with van der Waals surface area (Å²) in [7, 11) is -3.33. The van der Waals surface area contributed by atoms with E-state index in [1.807, 2.05) is 0 Å². The molecule has 0 radical (unpaired) electrons. The third kappa shape index (κ3) is 4.07. The minimum absolute atomic E-state index is 0.0802. The number of halogens is 1. The molecule has 0 bridgehead atoms. The van der Waals surface area contributed by atoms with Gasteiger partial charge in [-0.3, -0.25) is 0 Å². The summed E-state index contributed by atoms with van der Waals surface area (Å²) in [6, 6.07) is 3.26. The molecule has 0 saturated heterocycles. The Hall–Kier alpha value is -0.980. The summed E-state index contributed by atoms with van der Waals surface area (Å²) >= 11 is 0. The van der Waals surface area contributed by atoms with Crippen molar-refractivity contribution in [3.05, 3.63) is 34.6 Å². The van der Waals surface area contributed by atoms with Gasteiger partial charge in [-0.2, -0.15) is 0 Å². The highest BCUT2D eigenvalue weighted by Crippen LogP contribution is 2.14. The highest BCUT2D eigenvalue weighted by atomic mass is 32.2. The molecule has 0 spiro atoms. The van der Waals surface area contributed by atoms with Gasteiger partial charge in [0.2, 0.25) is 10.0 Å². The van der Waals surface area contributed by atoms with Crippen LogP contribution in [0.1, 0.15) is 16.7 Å². The van der Waals surface area contributed by atoms with Gasteiger partial charge in [0.1, 0.15) is 5.82 Å². The second-order valence-corrected chi connectivity index (χ2v) is 5.90. The van der Waals surface area contributed by atoms with E-state index in [0.717, 1.165) is 5.56 Å². The van der Waals surface area contributed by atoms with Gasteiger partial charge in [0, 0.05) is 13.1 Å². The van der Waals surface area contributed by atoms with Crippen LogP contribution < -0.4 is 10.5 Å². The highest BCUT2D eigenvalue weighted by Gasteiger charge is 2.09. The molecule has 17 heavy (non-hydrogen) atoms. The van der Waals surface area contributed by atoms with Crippen LogP contribution in [0, 0.1) is 19.7 Å². The Morgan fingerprint density at radius 1 is 1.29 bits per heavy atom. The summed E-state index contributed by atoms with van der Waals surface area (Å²) in [5.41, 5.74) is 6.95. The fourth-order valence-electron chi connectivity index (χ4n) is 1.56. The van der Waals surface area contributed by atoms with E-state index >= 15 is 0 Å². The lowest BCUT2D eigenvalue weighted by Gasteiger charge is -2.08. The molecule has 3 N–H and O–H groups in total. The molecule has 0 unspecified atom stereocenters. The van der Waals surface area contributed by atoms with Crippen LogP contribution in [0.3, 0.4) is 0 Å². The molecule has 4 nitrogen and oxygen atoms in total. The predicted octanol–water partition coefficient (Wildman–Crippen LogP) is 0.821. The lowest BCUT2D eigenvalue weighted by Crippen LogP contribution is -2.29. The Labute approximate surface area is 101 Å². The highest BCUT2D eigenvalue weighted by molar-refractivity contribution is 7.89. The van der Waals surface area contributed by atoms with Crippen LogP contribution in [0.25, 0.3) is 0 Å². The molecule has 1 aromatic carbocycles. The molecule has 0 saturated carbocycles. The second-order valence-electron chi connectivity index (χ2n) is 3.97. The van der Waals surface area contributed by atoms with Crippen molar-refractivity contribution in [1.29, 1.82) is 0 Å². The number of nitrogens with one attached hydrogen (secondary N) is 1. The quantitative estimate of drug-likeness (QED) is 0.823. The lowest BCUT2D eigenvalue weighted by molar-refractivity contribution is 0.580. The predicted molar refractivity (Wildman–Crippen MR) is 65.6 cm³/mol. The van der Waals surface area contributed by atoms with Gasteiger partial charge in [-0.15, -0.1) is 0 Å². The normalized spacial score (nSPS) is 11.8. The zero-order valence-corrected chi connectivity index (χ0v) is 10.8. The molecule has 0 aliphatic rings. The van der Waals surface area contributed by atoms with Crippen LogP contribution >= 0.6 is 0 Å². The average Bonchev–Trinajstić information content (AvgIpc) is 2.23. The number of nitrogens with two attached hydrogens (primary N) is 1. The van der Waals surface area contributed by atoms with Crippen LogP contribution in [-0.4, -0.2) is 20.7 Å². The third-order valence-electron chi connectivity index (χ3n) is 2.38. The Morgan fingerprint density at radius 3 is 2.29 bits per heavy atom. The lowest BCUT2D eigenvalue weighted by atomic mass is 10.1. The zero-order valence-electron chi connectivity index (χ0n) is 9.96. The van der Waals surface area contributed by atoms with Crippen LogP contribution in [0.4, 0.5) is 4.39 Å². The SMILES string of the molecule is Cc1cc(CNS(=O)(=O)CCN)cc(C)c1F. The minimum Gasteiger partial charge on any atom is -0.329 e. The van der Waals surface area contributed by atoms with Gasteiger partial charge in [-0.1, -0.05) is 12.1 Å². The van der Waals surface area contributed by atoms with Gasteiger partial charge in [0.15, 0.2) is 0 Å². The summed E-state index contributed by atoms with van der Waals surface area (Å²) < 4.78 is 38.5. The first-order valence-corrected chi connectivity index (χ1v) is 6.94. The summed E-state index contributed by atoms with van der Waals surface area (Å²) in [4.78, 5) is 0. The van der Waals surface area contributed by atoms with E-state index in [1.54, 1.807) is 26.0 Å². The van der Waals surface area contributed by atoms with Gasteiger partial charge in [0.25, 0.3) is 0 Å². The fourth-order valence-corrected chi connectivity index (χ4v) is 2.40. The van der Waals surface area contributed by atoms with E-state index in [4.69, 9.17) is 5.73 Å². The molecule has 0 atom stereocenters. The zero-order chi connectivity index (χ0) is 13.1. The van der Waals surface area contributed by atoms with Crippen molar-refractivity contribution in [3.8, 4) is 0 Å². The first-order chi connectivity index (χ1) is 7.85. The van der Waals surface area contributed by atoms with E-state index in [1.165, 1.54) is 0 Å². The number of rotatable bonds is 5. The smallest absolute Gasteiger partial charge is 0.213 e. The van der Waals surface area contributed by atoms with Crippen LogP contribution in [-0.2, 0) is 16.6 Å². The van der Waals surface area contributed by atoms with Gasteiger partial charge in [0.05, 0.1) is 5.75 Å². The maximum atomic E-state index is 13.4. The van der Waals surface area contributed by atoms with Gasteiger partial charge < -0.3 is 5.73 Å². The molecule has 0 amide bonds. The van der Waals surface area contributed by atoms with E-state index in [9.17, 15) is 12.8 Å². The van der Waals surface area contributed by atoms with Crippen LogP contribution in [0.2, 0.25) is 0 Å². The molecule has 1 aromatic rings. The Kier molecular flexibility index (Phi) is 4.62. The monoisotopic (exact) mass is 260 g/mol. The average molecular weight is 260 g/mol. The van der Waals surface area contributed by atoms with Crippen LogP contribution in [0.5, 0.6) is 0 Å². The molecule has 0 heterocycles. The molecule has 0 fully saturated rings. The summed E-state index contributed by atoms with van der Waals surface area (Å²) in [5.74, 6) is -0.356. The van der Waals surface area contributed by atoms with E-state index in [2.05, 4.69) is 4.72 Å². The van der Waals surface area contributed by atoms with Crippen molar-refractivity contribution in [2.45, 2.75) is 20.4 Å². The molecule has 1 rings (SSSR count). The standard InChI is InChI=1S/C11H17FN2O2S/c1-8-5-10(6-9(2)11(8)12)7-14-17(15,16)4-3-13/h5-6,14H,3-4,7,13H2,1-2H3. The molecular formula is C11H17FN2O2S.